The SMILES string of the molecule is CCCCCc1ccc(-c2ccc(CCC3CCC(CCCCC)CC3)nn2)c(F)c1. The molecule has 1 aromatic heterocycles. The molecule has 0 spiro atoms. The van der Waals surface area contributed by atoms with Crippen LogP contribution in [0.4, 0.5) is 4.39 Å². The van der Waals surface area contributed by atoms with Crippen molar-refractivity contribution in [2.24, 2.45) is 11.8 Å². The molecule has 1 aromatic carbocycles. The molecular weight excluding hydrogens is 383 g/mol. The van der Waals surface area contributed by atoms with Gasteiger partial charge in [-0.05, 0) is 67.3 Å². The molecule has 1 heterocycles. The topological polar surface area (TPSA) is 25.8 Å². The molecule has 0 unspecified atom stereocenters. The van der Waals surface area contributed by atoms with Crippen LogP contribution >= 0.6 is 0 Å². The molecule has 0 N–H and O–H groups in total. The Morgan fingerprint density at radius 3 is 2.13 bits per heavy atom. The number of hydrogen-bond acceptors (Lipinski definition) is 2. The predicted octanol–water partition coefficient (Wildman–Crippen LogP) is 8.33. The first-order valence-corrected chi connectivity index (χ1v) is 12.8. The summed E-state index contributed by atoms with van der Waals surface area (Å²) >= 11 is 0. The highest BCUT2D eigenvalue weighted by molar-refractivity contribution is 5.59. The molecule has 0 saturated heterocycles. The van der Waals surface area contributed by atoms with E-state index in [2.05, 4.69) is 24.0 Å². The Balaban J connectivity index is 1.45. The molecular formula is C28H41FN2. The summed E-state index contributed by atoms with van der Waals surface area (Å²) in [5.41, 5.74) is 3.29. The van der Waals surface area contributed by atoms with Gasteiger partial charge in [0.1, 0.15) is 5.82 Å². The third kappa shape index (κ3) is 7.70. The van der Waals surface area contributed by atoms with Crippen molar-refractivity contribution in [3.05, 3.63) is 47.4 Å². The minimum absolute atomic E-state index is 0.188. The third-order valence-corrected chi connectivity index (χ3v) is 7.09. The van der Waals surface area contributed by atoms with Crippen LogP contribution in [-0.4, -0.2) is 10.2 Å². The first-order valence-electron chi connectivity index (χ1n) is 12.8. The van der Waals surface area contributed by atoms with Crippen molar-refractivity contribution in [2.75, 3.05) is 0 Å². The molecule has 2 aromatic rings. The van der Waals surface area contributed by atoms with Gasteiger partial charge in [-0.15, -0.1) is 0 Å². The van der Waals surface area contributed by atoms with Crippen LogP contribution in [0.3, 0.4) is 0 Å². The molecule has 1 fully saturated rings. The lowest BCUT2D eigenvalue weighted by Crippen LogP contribution is -2.15. The molecule has 0 bridgehead atoms. The van der Waals surface area contributed by atoms with Crippen molar-refractivity contribution >= 4 is 0 Å². The van der Waals surface area contributed by atoms with E-state index in [9.17, 15) is 4.39 Å². The van der Waals surface area contributed by atoms with Gasteiger partial charge >= 0.3 is 0 Å². The van der Waals surface area contributed by atoms with Gasteiger partial charge in [0.05, 0.1) is 11.4 Å². The van der Waals surface area contributed by atoms with Gasteiger partial charge in [0.25, 0.3) is 0 Å². The van der Waals surface area contributed by atoms with Crippen LogP contribution in [0, 0.1) is 17.7 Å². The highest BCUT2D eigenvalue weighted by Gasteiger charge is 2.20. The van der Waals surface area contributed by atoms with Crippen LogP contribution in [0.15, 0.2) is 30.3 Å². The lowest BCUT2D eigenvalue weighted by atomic mass is 9.78. The molecule has 0 radical (unpaired) electrons. The summed E-state index contributed by atoms with van der Waals surface area (Å²) in [5.74, 6) is 1.61. The summed E-state index contributed by atoms with van der Waals surface area (Å²) in [5, 5.41) is 8.75. The minimum Gasteiger partial charge on any atom is -0.206 e. The molecule has 1 saturated carbocycles. The maximum absolute atomic E-state index is 14.6. The molecule has 3 rings (SSSR count). The Hall–Kier alpha value is -1.77. The zero-order chi connectivity index (χ0) is 21.9. The van der Waals surface area contributed by atoms with Gasteiger partial charge in [-0.2, -0.15) is 10.2 Å². The van der Waals surface area contributed by atoms with Crippen molar-refractivity contribution in [1.29, 1.82) is 0 Å². The average molecular weight is 425 g/mol. The summed E-state index contributed by atoms with van der Waals surface area (Å²) in [6.45, 7) is 4.47. The van der Waals surface area contributed by atoms with Crippen LogP contribution in [0.2, 0.25) is 0 Å². The van der Waals surface area contributed by atoms with Crippen LogP contribution in [-0.2, 0) is 12.8 Å². The normalized spacial score (nSPS) is 18.9. The summed E-state index contributed by atoms with van der Waals surface area (Å²) in [7, 11) is 0. The smallest absolute Gasteiger partial charge is 0.132 e. The molecule has 2 nitrogen and oxygen atoms in total. The van der Waals surface area contributed by atoms with Crippen LogP contribution < -0.4 is 0 Å². The lowest BCUT2D eigenvalue weighted by molar-refractivity contribution is 0.248. The molecule has 1 aliphatic carbocycles. The van der Waals surface area contributed by atoms with E-state index >= 15 is 0 Å². The predicted molar refractivity (Wildman–Crippen MR) is 129 cm³/mol. The van der Waals surface area contributed by atoms with E-state index in [-0.39, 0.29) is 5.82 Å². The van der Waals surface area contributed by atoms with Crippen molar-refractivity contribution in [2.45, 2.75) is 104 Å². The van der Waals surface area contributed by atoms with Crippen molar-refractivity contribution in [3.8, 4) is 11.3 Å². The largest absolute Gasteiger partial charge is 0.206 e. The number of hydrogen-bond donors (Lipinski definition) is 0. The second-order valence-corrected chi connectivity index (χ2v) is 9.60. The third-order valence-electron chi connectivity index (χ3n) is 7.09. The summed E-state index contributed by atoms with van der Waals surface area (Å²) in [4.78, 5) is 0. The van der Waals surface area contributed by atoms with Gasteiger partial charge in [0, 0.05) is 5.56 Å². The van der Waals surface area contributed by atoms with Gasteiger partial charge in [0.2, 0.25) is 0 Å². The number of unbranched alkanes of at least 4 members (excludes halogenated alkanes) is 4. The molecule has 0 aliphatic heterocycles. The van der Waals surface area contributed by atoms with E-state index in [1.165, 1.54) is 70.6 Å². The number of benzene rings is 1. The second kappa shape index (κ2) is 12.9. The van der Waals surface area contributed by atoms with Crippen LogP contribution in [0.5, 0.6) is 0 Å². The molecule has 0 atom stereocenters. The second-order valence-electron chi connectivity index (χ2n) is 9.60. The number of halogens is 1. The first-order chi connectivity index (χ1) is 15.2. The van der Waals surface area contributed by atoms with E-state index in [0.717, 1.165) is 42.4 Å². The maximum atomic E-state index is 14.6. The van der Waals surface area contributed by atoms with Crippen molar-refractivity contribution in [1.82, 2.24) is 10.2 Å². The number of aromatic nitrogens is 2. The average Bonchev–Trinajstić information content (AvgIpc) is 2.79. The van der Waals surface area contributed by atoms with E-state index in [1.54, 1.807) is 6.07 Å². The van der Waals surface area contributed by atoms with Gasteiger partial charge < -0.3 is 0 Å². The molecule has 1 aliphatic rings. The fraction of sp³-hybridized carbons (Fsp3) is 0.643. The Morgan fingerprint density at radius 2 is 1.48 bits per heavy atom. The standard InChI is InChI=1S/C28H41FN2/c1-3-5-7-9-22-11-13-23(14-12-22)15-17-25-18-20-28(31-30-25)26-19-16-24(21-27(26)29)10-8-6-4-2/h16,18-23H,3-15,17H2,1-2H3. The maximum Gasteiger partial charge on any atom is 0.132 e. The van der Waals surface area contributed by atoms with Gasteiger partial charge in [-0.1, -0.05) is 84.1 Å². The Labute approximate surface area is 189 Å². The Kier molecular flexibility index (Phi) is 9.96. The van der Waals surface area contributed by atoms with E-state index in [0.29, 0.717) is 11.3 Å². The highest BCUT2D eigenvalue weighted by atomic mass is 19.1. The van der Waals surface area contributed by atoms with Crippen LogP contribution in [0.25, 0.3) is 11.3 Å². The fourth-order valence-corrected chi connectivity index (χ4v) is 4.98. The number of nitrogens with zero attached hydrogens (tertiary/aromatic N) is 2. The number of rotatable bonds is 12. The monoisotopic (exact) mass is 424 g/mol. The molecule has 3 heteroatoms. The van der Waals surface area contributed by atoms with Crippen molar-refractivity contribution < 1.29 is 4.39 Å². The first kappa shape index (κ1) is 23.9. The zero-order valence-electron chi connectivity index (χ0n) is 19.7. The van der Waals surface area contributed by atoms with Gasteiger partial charge in [0.15, 0.2) is 0 Å². The Bertz CT molecular complexity index is 763. The van der Waals surface area contributed by atoms with Gasteiger partial charge in [-0.25, -0.2) is 4.39 Å². The van der Waals surface area contributed by atoms with Crippen LogP contribution in [0.1, 0.15) is 102 Å². The number of aryl methyl sites for hydroxylation is 2. The lowest BCUT2D eigenvalue weighted by Gasteiger charge is -2.28. The quantitative estimate of drug-likeness (QED) is 0.320. The van der Waals surface area contributed by atoms with E-state index in [1.807, 2.05) is 24.3 Å². The van der Waals surface area contributed by atoms with E-state index in [4.69, 9.17) is 0 Å². The zero-order valence-corrected chi connectivity index (χ0v) is 19.7. The summed E-state index contributed by atoms with van der Waals surface area (Å²) in [6.07, 6.45) is 17.7. The summed E-state index contributed by atoms with van der Waals surface area (Å²) in [6, 6.07) is 9.52. The molecule has 0 amide bonds. The van der Waals surface area contributed by atoms with Crippen molar-refractivity contribution in [3.63, 3.8) is 0 Å². The highest BCUT2D eigenvalue weighted by Crippen LogP contribution is 2.34. The molecule has 31 heavy (non-hydrogen) atoms. The van der Waals surface area contributed by atoms with Gasteiger partial charge in [-0.3, -0.25) is 0 Å². The fourth-order valence-electron chi connectivity index (χ4n) is 4.98. The minimum atomic E-state index is -0.188. The van der Waals surface area contributed by atoms with E-state index < -0.39 is 0 Å². The summed E-state index contributed by atoms with van der Waals surface area (Å²) < 4.78 is 14.6. The Morgan fingerprint density at radius 1 is 0.774 bits per heavy atom. The molecule has 170 valence electrons.